The lowest BCUT2D eigenvalue weighted by atomic mass is 9.81. The van der Waals surface area contributed by atoms with Crippen LogP contribution in [0, 0.1) is 18.3 Å². The largest absolute Gasteiger partial charge is 0.380 e. The molecule has 0 aromatic carbocycles. The predicted molar refractivity (Wildman–Crippen MR) is 87.8 cm³/mol. The zero-order chi connectivity index (χ0) is 15.9. The van der Waals surface area contributed by atoms with E-state index in [2.05, 4.69) is 20.4 Å². The van der Waals surface area contributed by atoms with Crippen LogP contribution in [0.4, 0.5) is 9.93 Å². The molecule has 3 aliphatic heterocycles. The minimum absolute atomic E-state index is 0.00889. The summed E-state index contributed by atoms with van der Waals surface area (Å²) >= 11 is 1.63. The molecule has 1 aromatic heterocycles. The minimum Gasteiger partial charge on any atom is -0.380 e. The summed E-state index contributed by atoms with van der Waals surface area (Å²) in [6.45, 7) is 7.74. The van der Waals surface area contributed by atoms with Crippen molar-refractivity contribution in [1.82, 2.24) is 20.4 Å². The molecule has 7 nitrogen and oxygen atoms in total. The van der Waals surface area contributed by atoms with E-state index in [0.29, 0.717) is 19.1 Å². The van der Waals surface area contributed by atoms with Crippen LogP contribution in [0.3, 0.4) is 0 Å². The van der Waals surface area contributed by atoms with Gasteiger partial charge in [-0.05, 0) is 19.8 Å². The molecule has 1 N–H and O–H groups in total. The van der Waals surface area contributed by atoms with Gasteiger partial charge in [0.1, 0.15) is 5.01 Å². The lowest BCUT2D eigenvalue weighted by Crippen LogP contribution is -2.47. The molecule has 4 rings (SSSR count). The summed E-state index contributed by atoms with van der Waals surface area (Å²) in [5.41, 5.74) is 0.00889. The number of likely N-dealkylation sites (tertiary alicyclic amines) is 1. The van der Waals surface area contributed by atoms with Crippen LogP contribution < -0.4 is 10.2 Å². The van der Waals surface area contributed by atoms with Gasteiger partial charge < -0.3 is 19.9 Å². The summed E-state index contributed by atoms with van der Waals surface area (Å²) in [4.78, 5) is 16.5. The number of carbonyl (C=O) groups is 1. The van der Waals surface area contributed by atoms with Gasteiger partial charge in [0.25, 0.3) is 0 Å². The van der Waals surface area contributed by atoms with E-state index in [0.717, 1.165) is 55.8 Å². The Morgan fingerprint density at radius 3 is 3.00 bits per heavy atom. The van der Waals surface area contributed by atoms with Gasteiger partial charge in [0.2, 0.25) is 5.13 Å². The highest BCUT2D eigenvalue weighted by Crippen LogP contribution is 2.43. The standard InChI is InChI=1S/C15H23N5O2S/c1-11-17-18-14(23-11)20-6-12-7-22-10-15(12,9-20)8-16-13(21)19-4-2-3-5-19/h12H,2-10H2,1H3,(H,16,21)/t12-,15+/m1/s1. The Morgan fingerprint density at radius 2 is 2.26 bits per heavy atom. The summed E-state index contributed by atoms with van der Waals surface area (Å²) in [5, 5.41) is 13.5. The van der Waals surface area contributed by atoms with Gasteiger partial charge in [0, 0.05) is 44.1 Å². The average molecular weight is 337 g/mol. The summed E-state index contributed by atoms with van der Waals surface area (Å²) in [6.07, 6.45) is 2.24. The van der Waals surface area contributed by atoms with Crippen molar-refractivity contribution in [2.45, 2.75) is 19.8 Å². The van der Waals surface area contributed by atoms with E-state index in [1.807, 2.05) is 11.8 Å². The Kier molecular flexibility index (Phi) is 3.88. The molecule has 8 heteroatoms. The van der Waals surface area contributed by atoms with Crippen molar-refractivity contribution in [3.05, 3.63) is 5.01 Å². The number of nitrogens with zero attached hydrogens (tertiary/aromatic N) is 4. The number of urea groups is 1. The first-order valence-corrected chi connectivity index (χ1v) is 9.13. The SMILES string of the molecule is Cc1nnc(N2C[C@@H]3COC[C@]3(CNC(=O)N3CCCC3)C2)s1. The second-order valence-corrected chi connectivity index (χ2v) is 8.07. The highest BCUT2D eigenvalue weighted by Gasteiger charge is 2.51. The molecule has 3 fully saturated rings. The molecule has 126 valence electrons. The van der Waals surface area contributed by atoms with Crippen LogP contribution in [0.5, 0.6) is 0 Å². The van der Waals surface area contributed by atoms with Gasteiger partial charge in [-0.15, -0.1) is 10.2 Å². The minimum atomic E-state index is 0.00889. The van der Waals surface area contributed by atoms with Gasteiger partial charge >= 0.3 is 6.03 Å². The zero-order valence-electron chi connectivity index (χ0n) is 13.5. The highest BCUT2D eigenvalue weighted by molar-refractivity contribution is 7.15. The van der Waals surface area contributed by atoms with Gasteiger partial charge in [-0.3, -0.25) is 0 Å². The number of nitrogens with one attached hydrogen (secondary N) is 1. The molecular weight excluding hydrogens is 314 g/mol. The first-order chi connectivity index (χ1) is 11.2. The summed E-state index contributed by atoms with van der Waals surface area (Å²) in [5.74, 6) is 0.450. The molecule has 23 heavy (non-hydrogen) atoms. The third-order valence-corrected chi connectivity index (χ3v) is 6.19. The van der Waals surface area contributed by atoms with Crippen molar-refractivity contribution < 1.29 is 9.53 Å². The molecule has 0 saturated carbocycles. The van der Waals surface area contributed by atoms with Crippen molar-refractivity contribution in [1.29, 1.82) is 0 Å². The van der Waals surface area contributed by atoms with E-state index in [9.17, 15) is 4.79 Å². The van der Waals surface area contributed by atoms with Gasteiger partial charge in [-0.1, -0.05) is 11.3 Å². The number of hydrogen-bond acceptors (Lipinski definition) is 6. The van der Waals surface area contributed by atoms with Gasteiger partial charge in [-0.2, -0.15) is 0 Å². The molecule has 2 atom stereocenters. The Morgan fingerprint density at radius 1 is 1.43 bits per heavy atom. The molecule has 2 amide bonds. The first-order valence-electron chi connectivity index (χ1n) is 8.32. The van der Waals surface area contributed by atoms with Crippen LogP contribution in [-0.4, -0.2) is 67.1 Å². The number of amides is 2. The normalized spacial score (nSPS) is 30.0. The monoisotopic (exact) mass is 337 g/mol. The lowest BCUT2D eigenvalue weighted by molar-refractivity contribution is 0.151. The molecule has 3 aliphatic rings. The van der Waals surface area contributed by atoms with Crippen LogP contribution >= 0.6 is 11.3 Å². The molecule has 0 aliphatic carbocycles. The second-order valence-electron chi connectivity index (χ2n) is 6.91. The molecule has 4 heterocycles. The van der Waals surface area contributed by atoms with E-state index < -0.39 is 0 Å². The number of ether oxygens (including phenoxy) is 1. The number of carbonyl (C=O) groups excluding carboxylic acids is 1. The van der Waals surface area contributed by atoms with Crippen LogP contribution in [0.1, 0.15) is 17.8 Å². The predicted octanol–water partition coefficient (Wildman–Crippen LogP) is 1.10. The summed E-state index contributed by atoms with van der Waals surface area (Å²) in [6, 6.07) is 0.0766. The number of fused-ring (bicyclic) bond motifs is 1. The Bertz CT molecular complexity index is 588. The van der Waals surface area contributed by atoms with Crippen molar-refractivity contribution in [3.63, 3.8) is 0 Å². The first kappa shape index (κ1) is 15.1. The maximum atomic E-state index is 12.3. The van der Waals surface area contributed by atoms with Crippen LogP contribution in [0.2, 0.25) is 0 Å². The molecule has 3 saturated heterocycles. The van der Waals surface area contributed by atoms with E-state index in [1.54, 1.807) is 11.3 Å². The van der Waals surface area contributed by atoms with E-state index in [1.165, 1.54) is 0 Å². The Hall–Kier alpha value is -1.41. The highest BCUT2D eigenvalue weighted by atomic mass is 32.1. The van der Waals surface area contributed by atoms with Gasteiger partial charge in [0.05, 0.1) is 13.2 Å². The fraction of sp³-hybridized carbons (Fsp3) is 0.800. The van der Waals surface area contributed by atoms with Crippen LogP contribution in [0.25, 0.3) is 0 Å². The maximum absolute atomic E-state index is 12.3. The quantitative estimate of drug-likeness (QED) is 0.894. The molecule has 1 aromatic rings. The van der Waals surface area contributed by atoms with Crippen LogP contribution in [0.15, 0.2) is 0 Å². The molecular formula is C15H23N5O2S. The third kappa shape index (κ3) is 2.78. The fourth-order valence-electron chi connectivity index (χ4n) is 3.93. The van der Waals surface area contributed by atoms with Crippen molar-refractivity contribution in [3.8, 4) is 0 Å². The number of rotatable bonds is 3. The zero-order valence-corrected chi connectivity index (χ0v) is 14.3. The molecule has 0 radical (unpaired) electrons. The number of aryl methyl sites for hydroxylation is 1. The van der Waals surface area contributed by atoms with E-state index >= 15 is 0 Å². The van der Waals surface area contributed by atoms with Gasteiger partial charge in [-0.25, -0.2) is 4.79 Å². The van der Waals surface area contributed by atoms with E-state index in [-0.39, 0.29) is 11.4 Å². The van der Waals surface area contributed by atoms with Crippen molar-refractivity contribution in [2.24, 2.45) is 11.3 Å². The Balaban J connectivity index is 1.42. The summed E-state index contributed by atoms with van der Waals surface area (Å²) < 4.78 is 5.74. The van der Waals surface area contributed by atoms with Gasteiger partial charge in [0.15, 0.2) is 0 Å². The van der Waals surface area contributed by atoms with Crippen LogP contribution in [-0.2, 0) is 4.74 Å². The Labute approximate surface area is 140 Å². The molecule has 0 bridgehead atoms. The van der Waals surface area contributed by atoms with E-state index in [4.69, 9.17) is 4.74 Å². The molecule has 0 spiro atoms. The number of aromatic nitrogens is 2. The average Bonchev–Trinajstić information content (AvgIpc) is 3.27. The smallest absolute Gasteiger partial charge is 0.317 e. The topological polar surface area (TPSA) is 70.6 Å². The third-order valence-electron chi connectivity index (χ3n) is 5.29. The number of anilines is 1. The maximum Gasteiger partial charge on any atom is 0.317 e. The summed E-state index contributed by atoms with van der Waals surface area (Å²) in [7, 11) is 0. The fourth-order valence-corrected chi connectivity index (χ4v) is 4.62. The van der Waals surface area contributed by atoms with Crippen molar-refractivity contribution >= 4 is 22.5 Å². The van der Waals surface area contributed by atoms with Crippen molar-refractivity contribution in [2.75, 3.05) is 50.8 Å². The second kappa shape index (κ2) is 5.90. The number of hydrogen-bond donors (Lipinski definition) is 1. The lowest BCUT2D eigenvalue weighted by Gasteiger charge is -2.28. The molecule has 0 unspecified atom stereocenters.